The predicted octanol–water partition coefficient (Wildman–Crippen LogP) is 1.99. The fourth-order valence-electron chi connectivity index (χ4n) is 0.871. The Morgan fingerprint density at radius 1 is 1.47 bits per heavy atom. The fraction of sp³-hybridized carbons (Fsp3) is 0.556. The zero-order chi connectivity index (χ0) is 11.5. The molecule has 6 nitrogen and oxygen atoms in total. The largest absolute Gasteiger partial charge is 0.349 e. The number of rotatable bonds is 4. The van der Waals surface area contributed by atoms with Gasteiger partial charge in [-0.05, 0) is 20.3 Å². The van der Waals surface area contributed by atoms with E-state index in [2.05, 4.69) is 15.3 Å². The first-order chi connectivity index (χ1) is 6.94. The highest BCUT2D eigenvalue weighted by Crippen LogP contribution is 2.15. The van der Waals surface area contributed by atoms with Gasteiger partial charge in [0, 0.05) is 5.54 Å². The van der Waals surface area contributed by atoms with E-state index in [1.165, 1.54) is 12.4 Å². The van der Waals surface area contributed by atoms with Gasteiger partial charge in [-0.2, -0.15) is 0 Å². The summed E-state index contributed by atoms with van der Waals surface area (Å²) < 4.78 is 0. The molecule has 0 amide bonds. The third-order valence-corrected chi connectivity index (χ3v) is 2.18. The number of nitro groups is 1. The summed E-state index contributed by atoms with van der Waals surface area (Å²) in [4.78, 5) is 17.6. The summed E-state index contributed by atoms with van der Waals surface area (Å²) in [5, 5.41) is 13.4. The Bertz CT molecular complexity index is 348. The molecule has 0 radical (unpaired) electrons. The molecule has 6 heteroatoms. The van der Waals surface area contributed by atoms with E-state index in [4.69, 9.17) is 0 Å². The zero-order valence-electron chi connectivity index (χ0n) is 9.02. The van der Waals surface area contributed by atoms with Crippen molar-refractivity contribution in [2.45, 2.75) is 32.7 Å². The second kappa shape index (κ2) is 4.20. The summed E-state index contributed by atoms with van der Waals surface area (Å²) in [6, 6.07) is 0. The van der Waals surface area contributed by atoms with Crippen molar-refractivity contribution in [2.75, 3.05) is 5.32 Å². The average molecular weight is 210 g/mol. The summed E-state index contributed by atoms with van der Waals surface area (Å²) >= 11 is 0. The van der Waals surface area contributed by atoms with Crippen LogP contribution in [0.3, 0.4) is 0 Å². The van der Waals surface area contributed by atoms with E-state index < -0.39 is 4.92 Å². The second-order valence-electron chi connectivity index (χ2n) is 3.88. The molecule has 0 saturated carbocycles. The molecule has 1 aromatic heterocycles. The monoisotopic (exact) mass is 210 g/mol. The Morgan fingerprint density at radius 3 is 2.40 bits per heavy atom. The number of hydrogen-bond donors (Lipinski definition) is 1. The molecular weight excluding hydrogens is 196 g/mol. The van der Waals surface area contributed by atoms with Crippen LogP contribution in [-0.4, -0.2) is 20.4 Å². The molecular formula is C9H14N4O2. The van der Waals surface area contributed by atoms with Crippen molar-refractivity contribution in [3.8, 4) is 0 Å². The summed E-state index contributed by atoms with van der Waals surface area (Å²) in [6.07, 6.45) is 3.30. The molecule has 0 aliphatic heterocycles. The van der Waals surface area contributed by atoms with Gasteiger partial charge in [0.2, 0.25) is 5.95 Å². The van der Waals surface area contributed by atoms with E-state index in [-0.39, 0.29) is 11.2 Å². The van der Waals surface area contributed by atoms with E-state index in [0.717, 1.165) is 6.42 Å². The third-order valence-electron chi connectivity index (χ3n) is 2.18. The van der Waals surface area contributed by atoms with Crippen LogP contribution >= 0.6 is 0 Å². The smallest absolute Gasteiger partial charge is 0.305 e. The van der Waals surface area contributed by atoms with Gasteiger partial charge in [-0.3, -0.25) is 10.1 Å². The van der Waals surface area contributed by atoms with E-state index >= 15 is 0 Å². The molecule has 0 spiro atoms. The minimum absolute atomic E-state index is 0.102. The van der Waals surface area contributed by atoms with E-state index in [1.54, 1.807) is 0 Å². The Hall–Kier alpha value is -1.72. The molecule has 1 rings (SSSR count). The quantitative estimate of drug-likeness (QED) is 0.607. The highest BCUT2D eigenvalue weighted by Gasteiger charge is 2.16. The maximum absolute atomic E-state index is 10.4. The standard InChI is InChI=1S/C9H14N4O2/c1-4-9(2,3)12-8-10-5-7(6-11-8)13(14)15/h5-6H,4H2,1-3H3,(H,10,11,12). The van der Waals surface area contributed by atoms with Crippen LogP contribution in [0, 0.1) is 10.1 Å². The van der Waals surface area contributed by atoms with Crippen molar-refractivity contribution in [2.24, 2.45) is 0 Å². The van der Waals surface area contributed by atoms with Crippen molar-refractivity contribution in [3.63, 3.8) is 0 Å². The van der Waals surface area contributed by atoms with Crippen LogP contribution in [0.2, 0.25) is 0 Å². The minimum Gasteiger partial charge on any atom is -0.349 e. The molecule has 1 heterocycles. The molecule has 15 heavy (non-hydrogen) atoms. The lowest BCUT2D eigenvalue weighted by Gasteiger charge is -2.23. The van der Waals surface area contributed by atoms with E-state index in [9.17, 15) is 10.1 Å². The first-order valence-corrected chi connectivity index (χ1v) is 4.69. The summed E-state index contributed by atoms with van der Waals surface area (Å²) in [6.45, 7) is 6.06. The van der Waals surface area contributed by atoms with E-state index in [1.807, 2.05) is 20.8 Å². The van der Waals surface area contributed by atoms with Gasteiger partial charge in [0.25, 0.3) is 0 Å². The molecule has 1 aromatic rings. The lowest BCUT2D eigenvalue weighted by Crippen LogP contribution is -2.30. The number of anilines is 1. The molecule has 0 aliphatic rings. The highest BCUT2D eigenvalue weighted by molar-refractivity contribution is 5.32. The van der Waals surface area contributed by atoms with Crippen LogP contribution in [0.4, 0.5) is 11.6 Å². The SMILES string of the molecule is CCC(C)(C)Nc1ncc([N+](=O)[O-])cn1. The Labute approximate surface area is 87.9 Å². The van der Waals surface area contributed by atoms with Crippen molar-refractivity contribution >= 4 is 11.6 Å². The molecule has 0 bridgehead atoms. The molecule has 1 N–H and O–H groups in total. The highest BCUT2D eigenvalue weighted by atomic mass is 16.6. The first kappa shape index (κ1) is 11.4. The zero-order valence-corrected chi connectivity index (χ0v) is 9.02. The topological polar surface area (TPSA) is 81.0 Å². The minimum atomic E-state index is -0.519. The van der Waals surface area contributed by atoms with Crippen molar-refractivity contribution in [1.29, 1.82) is 0 Å². The van der Waals surface area contributed by atoms with E-state index in [0.29, 0.717) is 5.95 Å². The summed E-state index contributed by atoms with van der Waals surface area (Å²) in [5.74, 6) is 0.410. The van der Waals surface area contributed by atoms with Crippen LogP contribution in [0.5, 0.6) is 0 Å². The lowest BCUT2D eigenvalue weighted by molar-refractivity contribution is -0.385. The first-order valence-electron chi connectivity index (χ1n) is 4.69. The van der Waals surface area contributed by atoms with Gasteiger partial charge in [0.15, 0.2) is 0 Å². The fourth-order valence-corrected chi connectivity index (χ4v) is 0.871. The normalized spacial score (nSPS) is 11.1. The van der Waals surface area contributed by atoms with Crippen LogP contribution in [0.25, 0.3) is 0 Å². The molecule has 0 aromatic carbocycles. The van der Waals surface area contributed by atoms with Gasteiger partial charge in [0.1, 0.15) is 12.4 Å². The van der Waals surface area contributed by atoms with Gasteiger partial charge >= 0.3 is 5.69 Å². The van der Waals surface area contributed by atoms with Crippen molar-refractivity contribution < 1.29 is 4.92 Å². The molecule has 0 saturated heterocycles. The molecule has 0 aliphatic carbocycles. The molecule has 0 unspecified atom stereocenters. The second-order valence-corrected chi connectivity index (χ2v) is 3.88. The van der Waals surface area contributed by atoms with Crippen LogP contribution in [0.1, 0.15) is 27.2 Å². The molecule has 82 valence electrons. The maximum atomic E-state index is 10.4. The summed E-state index contributed by atoms with van der Waals surface area (Å²) in [7, 11) is 0. The van der Waals surface area contributed by atoms with Gasteiger partial charge in [-0.1, -0.05) is 6.92 Å². The van der Waals surface area contributed by atoms with Crippen molar-refractivity contribution in [3.05, 3.63) is 22.5 Å². The van der Waals surface area contributed by atoms with Gasteiger partial charge in [0.05, 0.1) is 4.92 Å². The van der Waals surface area contributed by atoms with Crippen LogP contribution in [-0.2, 0) is 0 Å². The molecule has 0 atom stereocenters. The van der Waals surface area contributed by atoms with Gasteiger partial charge in [-0.25, -0.2) is 9.97 Å². The number of nitrogens with zero attached hydrogens (tertiary/aromatic N) is 3. The summed E-state index contributed by atoms with van der Waals surface area (Å²) in [5.41, 5.74) is -0.217. The predicted molar refractivity (Wildman–Crippen MR) is 56.7 cm³/mol. The lowest BCUT2D eigenvalue weighted by atomic mass is 10.0. The average Bonchev–Trinajstić information content (AvgIpc) is 2.18. The van der Waals surface area contributed by atoms with Crippen LogP contribution in [0.15, 0.2) is 12.4 Å². The maximum Gasteiger partial charge on any atom is 0.305 e. The van der Waals surface area contributed by atoms with Gasteiger partial charge in [-0.15, -0.1) is 0 Å². The number of hydrogen-bond acceptors (Lipinski definition) is 5. The number of nitrogens with one attached hydrogen (secondary N) is 1. The Balaban J connectivity index is 2.77. The van der Waals surface area contributed by atoms with Crippen molar-refractivity contribution in [1.82, 2.24) is 9.97 Å². The Morgan fingerprint density at radius 2 is 2.00 bits per heavy atom. The Kier molecular flexibility index (Phi) is 3.18. The number of aromatic nitrogens is 2. The van der Waals surface area contributed by atoms with Gasteiger partial charge < -0.3 is 5.32 Å². The molecule has 0 fully saturated rings. The van der Waals surface area contributed by atoms with Crippen LogP contribution < -0.4 is 5.32 Å². The third kappa shape index (κ3) is 3.16.